The number of nitrogens with one attached hydrogen (secondary N) is 1. The third-order valence-electron chi connectivity index (χ3n) is 3.69. The van der Waals surface area contributed by atoms with E-state index >= 15 is 0 Å². The lowest BCUT2D eigenvalue weighted by atomic mass is 10.1. The van der Waals surface area contributed by atoms with Gasteiger partial charge in [-0.05, 0) is 36.4 Å². The second kappa shape index (κ2) is 7.37. The molecule has 0 bridgehead atoms. The van der Waals surface area contributed by atoms with Gasteiger partial charge in [0.1, 0.15) is 11.4 Å². The molecule has 25 heavy (non-hydrogen) atoms. The van der Waals surface area contributed by atoms with Gasteiger partial charge in [0, 0.05) is 11.8 Å². The number of terminal acetylenes is 1. The van der Waals surface area contributed by atoms with Gasteiger partial charge in [0.05, 0.1) is 24.9 Å². The van der Waals surface area contributed by atoms with Crippen LogP contribution in [-0.2, 0) is 0 Å². The molecule has 0 saturated carbocycles. The fourth-order valence-corrected chi connectivity index (χ4v) is 2.44. The number of benzene rings is 2. The summed E-state index contributed by atoms with van der Waals surface area (Å²) in [6.45, 7) is 0.164. The number of hydrogen-bond acceptors (Lipinski definition) is 3. The Labute approximate surface area is 146 Å². The zero-order valence-corrected chi connectivity index (χ0v) is 13.8. The van der Waals surface area contributed by atoms with Crippen molar-refractivity contribution in [3.8, 4) is 35.0 Å². The van der Waals surface area contributed by atoms with E-state index in [2.05, 4.69) is 16.3 Å². The molecule has 0 aliphatic heterocycles. The number of hydrogen-bond donors (Lipinski definition) is 1. The third-order valence-corrected chi connectivity index (χ3v) is 3.69. The first-order chi connectivity index (χ1) is 12.2. The molecular weight excluding hydrogens is 314 g/mol. The summed E-state index contributed by atoms with van der Waals surface area (Å²) in [6, 6.07) is 17.0. The molecule has 1 amide bonds. The van der Waals surface area contributed by atoms with Gasteiger partial charge in [-0.2, -0.15) is 5.10 Å². The molecule has 0 atom stereocenters. The van der Waals surface area contributed by atoms with Crippen molar-refractivity contribution in [1.82, 2.24) is 15.1 Å². The summed E-state index contributed by atoms with van der Waals surface area (Å²) in [7, 11) is 1.61. The Kier molecular flexibility index (Phi) is 4.82. The number of aromatic nitrogens is 2. The van der Waals surface area contributed by atoms with Crippen LogP contribution in [0.4, 0.5) is 0 Å². The molecular formula is C20H17N3O2. The van der Waals surface area contributed by atoms with Gasteiger partial charge in [-0.25, -0.2) is 4.68 Å². The summed E-state index contributed by atoms with van der Waals surface area (Å²) in [5.74, 6) is 2.89. The molecule has 1 aromatic heterocycles. The molecule has 3 aromatic rings. The van der Waals surface area contributed by atoms with E-state index < -0.39 is 0 Å². The van der Waals surface area contributed by atoms with Crippen LogP contribution in [0.2, 0.25) is 0 Å². The van der Waals surface area contributed by atoms with Crippen molar-refractivity contribution in [3.63, 3.8) is 0 Å². The van der Waals surface area contributed by atoms with Crippen molar-refractivity contribution >= 4 is 5.91 Å². The van der Waals surface area contributed by atoms with Gasteiger partial charge in [-0.1, -0.05) is 24.1 Å². The molecule has 0 radical (unpaired) electrons. The number of amides is 1. The third kappa shape index (κ3) is 3.54. The van der Waals surface area contributed by atoms with Crippen LogP contribution in [0.25, 0.3) is 16.9 Å². The lowest BCUT2D eigenvalue weighted by molar-refractivity contribution is 0.0959. The zero-order chi connectivity index (χ0) is 17.6. The van der Waals surface area contributed by atoms with E-state index in [4.69, 9.17) is 11.2 Å². The molecule has 0 spiro atoms. The van der Waals surface area contributed by atoms with E-state index in [1.54, 1.807) is 18.0 Å². The number of methoxy groups -OCH3 is 1. The lowest BCUT2D eigenvalue weighted by Crippen LogP contribution is -2.23. The largest absolute Gasteiger partial charge is 0.497 e. The minimum Gasteiger partial charge on any atom is -0.497 e. The van der Waals surface area contributed by atoms with Crippen LogP contribution in [0, 0.1) is 12.3 Å². The Morgan fingerprint density at radius 2 is 1.92 bits per heavy atom. The highest BCUT2D eigenvalue weighted by Gasteiger charge is 2.18. The van der Waals surface area contributed by atoms with Gasteiger partial charge in [-0.3, -0.25) is 4.79 Å². The summed E-state index contributed by atoms with van der Waals surface area (Å²) in [5.41, 5.74) is 2.74. The van der Waals surface area contributed by atoms with E-state index in [-0.39, 0.29) is 12.5 Å². The predicted octanol–water partition coefficient (Wildman–Crippen LogP) is 2.91. The van der Waals surface area contributed by atoms with Crippen LogP contribution in [0.1, 0.15) is 10.4 Å². The van der Waals surface area contributed by atoms with Gasteiger partial charge in [0.2, 0.25) is 0 Å². The van der Waals surface area contributed by atoms with E-state index in [1.165, 1.54) is 0 Å². The van der Waals surface area contributed by atoms with Crippen LogP contribution < -0.4 is 10.1 Å². The second-order valence-corrected chi connectivity index (χ2v) is 5.29. The molecule has 2 aromatic carbocycles. The average Bonchev–Trinajstić information content (AvgIpc) is 3.12. The highest BCUT2D eigenvalue weighted by Crippen LogP contribution is 2.25. The van der Waals surface area contributed by atoms with Gasteiger partial charge in [0.25, 0.3) is 5.91 Å². The molecule has 5 heteroatoms. The van der Waals surface area contributed by atoms with Crippen LogP contribution in [-0.4, -0.2) is 29.3 Å². The molecule has 0 saturated heterocycles. The van der Waals surface area contributed by atoms with Crippen LogP contribution in [0.3, 0.4) is 0 Å². The van der Waals surface area contributed by atoms with E-state index in [0.717, 1.165) is 17.0 Å². The summed E-state index contributed by atoms with van der Waals surface area (Å²) in [5, 5.41) is 7.29. The Hall–Kier alpha value is -3.52. The number of para-hydroxylation sites is 1. The minimum atomic E-state index is -0.258. The monoisotopic (exact) mass is 331 g/mol. The predicted molar refractivity (Wildman–Crippen MR) is 96.7 cm³/mol. The topological polar surface area (TPSA) is 56.2 Å². The molecule has 3 rings (SSSR count). The first-order valence-electron chi connectivity index (χ1n) is 7.74. The average molecular weight is 331 g/mol. The molecule has 1 heterocycles. The lowest BCUT2D eigenvalue weighted by Gasteiger charge is -2.04. The standard InChI is InChI=1S/C20H17N3O2/c1-3-13-21-20(24)18-14-23(16-7-5-4-6-8-16)22-19(18)15-9-11-17(25-2)12-10-15/h1,4-12,14H,13H2,2H3,(H,21,24). The normalized spacial score (nSPS) is 10.1. The fourth-order valence-electron chi connectivity index (χ4n) is 2.44. The Balaban J connectivity index is 2.06. The number of carbonyl (C=O) groups excluding carboxylic acids is 1. The maximum Gasteiger partial charge on any atom is 0.255 e. The number of carbonyl (C=O) groups is 1. The van der Waals surface area contributed by atoms with Crippen LogP contribution in [0.15, 0.2) is 60.8 Å². The maximum absolute atomic E-state index is 12.5. The Bertz CT molecular complexity index is 906. The summed E-state index contributed by atoms with van der Waals surface area (Å²) < 4.78 is 6.87. The highest BCUT2D eigenvalue weighted by molar-refractivity contribution is 6.00. The molecule has 0 aliphatic carbocycles. The second-order valence-electron chi connectivity index (χ2n) is 5.29. The van der Waals surface area contributed by atoms with Crippen molar-refractivity contribution in [1.29, 1.82) is 0 Å². The summed E-state index contributed by atoms with van der Waals surface area (Å²) in [6.07, 6.45) is 6.94. The zero-order valence-electron chi connectivity index (χ0n) is 13.8. The molecule has 0 aliphatic rings. The van der Waals surface area contributed by atoms with Crippen molar-refractivity contribution in [2.45, 2.75) is 0 Å². The van der Waals surface area contributed by atoms with E-state index in [0.29, 0.717) is 11.3 Å². The minimum absolute atomic E-state index is 0.164. The van der Waals surface area contributed by atoms with Crippen LogP contribution >= 0.6 is 0 Å². The first-order valence-corrected chi connectivity index (χ1v) is 7.74. The summed E-state index contributed by atoms with van der Waals surface area (Å²) in [4.78, 5) is 12.5. The van der Waals surface area contributed by atoms with E-state index in [1.807, 2.05) is 54.6 Å². The number of nitrogens with zero attached hydrogens (tertiary/aromatic N) is 2. The van der Waals surface area contributed by atoms with Gasteiger partial charge in [-0.15, -0.1) is 6.42 Å². The van der Waals surface area contributed by atoms with Crippen molar-refractivity contribution < 1.29 is 9.53 Å². The fraction of sp³-hybridized carbons (Fsp3) is 0.100. The number of rotatable bonds is 5. The molecule has 0 unspecified atom stereocenters. The maximum atomic E-state index is 12.5. The van der Waals surface area contributed by atoms with Crippen molar-refractivity contribution in [2.24, 2.45) is 0 Å². The Morgan fingerprint density at radius 1 is 1.20 bits per heavy atom. The smallest absolute Gasteiger partial charge is 0.255 e. The Morgan fingerprint density at radius 3 is 2.56 bits per heavy atom. The highest BCUT2D eigenvalue weighted by atomic mass is 16.5. The summed E-state index contributed by atoms with van der Waals surface area (Å²) >= 11 is 0. The quantitative estimate of drug-likeness (QED) is 0.732. The molecule has 1 N–H and O–H groups in total. The number of ether oxygens (including phenoxy) is 1. The molecule has 5 nitrogen and oxygen atoms in total. The van der Waals surface area contributed by atoms with E-state index in [9.17, 15) is 4.79 Å². The SMILES string of the molecule is C#CCNC(=O)c1cn(-c2ccccc2)nc1-c1ccc(OC)cc1. The van der Waals surface area contributed by atoms with Crippen molar-refractivity contribution in [2.75, 3.05) is 13.7 Å². The van der Waals surface area contributed by atoms with Crippen molar-refractivity contribution in [3.05, 3.63) is 66.4 Å². The molecule has 0 fully saturated rings. The first kappa shape index (κ1) is 16.3. The van der Waals surface area contributed by atoms with Gasteiger partial charge < -0.3 is 10.1 Å². The van der Waals surface area contributed by atoms with Gasteiger partial charge >= 0.3 is 0 Å². The van der Waals surface area contributed by atoms with Crippen LogP contribution in [0.5, 0.6) is 5.75 Å². The molecule has 124 valence electrons. The van der Waals surface area contributed by atoms with Gasteiger partial charge in [0.15, 0.2) is 0 Å².